The topological polar surface area (TPSA) is 38.6 Å². The fourth-order valence-corrected chi connectivity index (χ4v) is 7.08. The Bertz CT molecular complexity index is 2990. The van der Waals surface area contributed by atoms with E-state index in [-0.39, 0.29) is 6.04 Å². The highest BCUT2D eigenvalue weighted by Gasteiger charge is 2.14. The van der Waals surface area contributed by atoms with Crippen molar-refractivity contribution < 1.29 is 8.83 Å². The SMILES string of the molecule is C=C/C=C\c1c(C)oc2ccccccc3c(cccc(C(N=C(C=C)c4ccc(C5=C/C=C\C=C/C=C/C=C/C=C\5)cc4)c4ccccc4)ccccc12)oc1ccccc13. The number of hydrogen-bond donors (Lipinski definition) is 0. The summed E-state index contributed by atoms with van der Waals surface area (Å²) in [6.45, 7) is 10.1. The molecule has 0 saturated heterocycles. The second-order valence-electron chi connectivity index (χ2n) is 14.3. The van der Waals surface area contributed by atoms with E-state index >= 15 is 0 Å². The van der Waals surface area contributed by atoms with Crippen LogP contribution in [0.1, 0.15) is 39.6 Å². The van der Waals surface area contributed by atoms with Crippen molar-refractivity contribution in [2.24, 2.45) is 4.99 Å². The van der Waals surface area contributed by atoms with E-state index in [1.807, 2.05) is 140 Å². The van der Waals surface area contributed by atoms with Crippen LogP contribution in [0.2, 0.25) is 0 Å². The van der Waals surface area contributed by atoms with Gasteiger partial charge in [0.25, 0.3) is 0 Å². The first-order valence-electron chi connectivity index (χ1n) is 20.7. The number of nitrogens with zero attached hydrogens (tertiary/aromatic N) is 1. The monoisotopic (exact) mass is 803 g/mol. The Morgan fingerprint density at radius 1 is 0.516 bits per heavy atom. The largest absolute Gasteiger partial charge is 0.461 e. The summed E-state index contributed by atoms with van der Waals surface area (Å²) < 4.78 is 12.7. The van der Waals surface area contributed by atoms with Crippen LogP contribution in [0.25, 0.3) is 44.6 Å². The standard InChI is InChI=1S/C59H49NO2/c1-4-6-34-51-45(3)61-56-38-22-15-14-21-35-53-54-37-25-26-39-57(54)62-58(53)40-27-33-50(32-23-24-36-52(51)56)59(49-30-19-16-20-31-49)60-55(5-2)48-43-41-47(42-44-48)46-28-17-12-10-8-7-9-11-13-18-29-46/h4-44,59H,1-2H2,3H3/b8-7+,9-7?,10-8?,11-9-,12-10+,13-11?,15-14?,17-12?,18-13-,21-14?,22-15?,24-23?,28-17-,29-18?,32-23?,33-27?,34-6-,35-21?,36-24?,38-22?,40-27?,46-28?,46-29+,50-32?,50-33?,52-36?,53-35?,56-38?,58-40?,60-55?. The summed E-state index contributed by atoms with van der Waals surface area (Å²) in [5, 5.41) is 3.02. The molecule has 1 aliphatic rings. The van der Waals surface area contributed by atoms with Crippen molar-refractivity contribution in [3.8, 4) is 0 Å². The van der Waals surface area contributed by atoms with Gasteiger partial charge in [0.2, 0.25) is 0 Å². The van der Waals surface area contributed by atoms with Crippen molar-refractivity contribution in [3.05, 3.63) is 290 Å². The van der Waals surface area contributed by atoms with E-state index in [1.165, 1.54) is 0 Å². The Labute approximate surface area is 365 Å². The quantitative estimate of drug-likeness (QED) is 0.114. The maximum Gasteiger partial charge on any atom is 0.135 e. The van der Waals surface area contributed by atoms with Crippen LogP contribution in [-0.4, -0.2) is 5.71 Å². The second kappa shape index (κ2) is 21.8. The molecule has 0 fully saturated rings. The normalized spacial score (nSPS) is 16.5. The smallest absolute Gasteiger partial charge is 0.135 e. The summed E-state index contributed by atoms with van der Waals surface area (Å²) >= 11 is 0. The molecule has 0 radical (unpaired) electrons. The van der Waals surface area contributed by atoms with E-state index in [4.69, 9.17) is 13.8 Å². The van der Waals surface area contributed by atoms with Crippen molar-refractivity contribution in [2.45, 2.75) is 13.0 Å². The molecule has 6 aromatic rings. The van der Waals surface area contributed by atoms with Crippen molar-refractivity contribution in [3.63, 3.8) is 0 Å². The third-order valence-corrected chi connectivity index (χ3v) is 10.1. The number of benzene rings is 3. The number of rotatable bonds is 8. The van der Waals surface area contributed by atoms with Gasteiger partial charge >= 0.3 is 0 Å². The van der Waals surface area contributed by atoms with Crippen LogP contribution >= 0.6 is 0 Å². The van der Waals surface area contributed by atoms with Crippen molar-refractivity contribution in [1.82, 2.24) is 0 Å². The third-order valence-electron chi connectivity index (χ3n) is 10.1. The molecule has 302 valence electrons. The molecule has 4 aromatic carbocycles. The van der Waals surface area contributed by atoms with E-state index < -0.39 is 0 Å². The molecule has 2 aromatic heterocycles. The van der Waals surface area contributed by atoms with Gasteiger partial charge in [-0.25, -0.2) is 0 Å². The molecule has 3 heteroatoms. The summed E-state index contributed by atoms with van der Waals surface area (Å²) in [4.78, 5) is 5.46. The lowest BCUT2D eigenvalue weighted by Gasteiger charge is -2.15. The minimum Gasteiger partial charge on any atom is -0.461 e. The molecule has 1 unspecified atom stereocenters. The molecule has 0 saturated carbocycles. The molecule has 62 heavy (non-hydrogen) atoms. The van der Waals surface area contributed by atoms with Crippen LogP contribution in [0.15, 0.2) is 270 Å². The fourth-order valence-electron chi connectivity index (χ4n) is 7.08. The van der Waals surface area contributed by atoms with Gasteiger partial charge in [-0.3, -0.25) is 4.99 Å². The van der Waals surface area contributed by atoms with E-state index in [0.29, 0.717) is 0 Å². The lowest BCUT2D eigenvalue weighted by atomic mass is 9.98. The minimum atomic E-state index is -0.374. The number of furan rings is 2. The van der Waals surface area contributed by atoms with Gasteiger partial charge in [0.05, 0.1) is 5.71 Å². The molecule has 1 aliphatic carbocycles. The Morgan fingerprint density at radius 2 is 1.02 bits per heavy atom. The molecular formula is C59H49NO2. The predicted molar refractivity (Wildman–Crippen MR) is 265 cm³/mol. The van der Waals surface area contributed by atoms with Gasteiger partial charge in [-0.2, -0.15) is 0 Å². The van der Waals surface area contributed by atoms with E-state index in [0.717, 1.165) is 77.8 Å². The summed E-state index contributed by atoms with van der Waals surface area (Å²) in [6, 6.07) is 53.2. The number of para-hydroxylation sites is 1. The van der Waals surface area contributed by atoms with Gasteiger partial charge in [0.1, 0.15) is 28.6 Å². The highest BCUT2D eigenvalue weighted by molar-refractivity contribution is 6.09. The summed E-state index contributed by atoms with van der Waals surface area (Å²) in [7, 11) is 0. The third kappa shape index (κ3) is 11.0. The van der Waals surface area contributed by atoms with Crippen molar-refractivity contribution >= 4 is 50.3 Å². The first-order chi connectivity index (χ1) is 30.6. The van der Waals surface area contributed by atoms with E-state index in [1.54, 1.807) is 6.08 Å². The fraction of sp³-hybridized carbons (Fsp3) is 0.0339. The minimum absolute atomic E-state index is 0.374. The van der Waals surface area contributed by atoms with Crippen LogP contribution in [-0.2, 0) is 0 Å². The van der Waals surface area contributed by atoms with Crippen LogP contribution in [0.3, 0.4) is 0 Å². The number of aliphatic imine (C=N–C) groups is 1. The van der Waals surface area contributed by atoms with Crippen LogP contribution < -0.4 is 0 Å². The highest BCUT2D eigenvalue weighted by atomic mass is 16.3. The summed E-state index contributed by atoms with van der Waals surface area (Å²) in [5.74, 6) is 0.827. The second-order valence-corrected chi connectivity index (χ2v) is 14.3. The Hall–Kier alpha value is -8.01. The number of allylic oxidation sites excluding steroid dienone is 15. The molecule has 2 heterocycles. The zero-order valence-corrected chi connectivity index (χ0v) is 34.9. The van der Waals surface area contributed by atoms with Crippen molar-refractivity contribution in [1.29, 1.82) is 0 Å². The zero-order valence-electron chi connectivity index (χ0n) is 34.9. The Kier molecular flexibility index (Phi) is 14.8. The maximum absolute atomic E-state index is 6.40. The van der Waals surface area contributed by atoms with E-state index in [2.05, 4.69) is 122 Å². The Morgan fingerprint density at radius 3 is 1.68 bits per heavy atom. The highest BCUT2D eigenvalue weighted by Crippen LogP contribution is 2.30. The molecule has 0 bridgehead atoms. The molecule has 0 amide bonds. The van der Waals surface area contributed by atoms with Gasteiger partial charge in [-0.1, -0.05) is 238 Å². The van der Waals surface area contributed by atoms with Crippen molar-refractivity contribution in [2.75, 3.05) is 0 Å². The number of hydrogen-bond acceptors (Lipinski definition) is 3. The molecular weight excluding hydrogens is 755 g/mol. The average Bonchev–Trinajstić information content (AvgIpc) is 3.80. The molecule has 0 aliphatic heterocycles. The average molecular weight is 804 g/mol. The summed E-state index contributed by atoms with van der Waals surface area (Å²) in [5.41, 5.74) is 9.31. The maximum atomic E-state index is 6.40. The van der Waals surface area contributed by atoms with Gasteiger partial charge in [-0.05, 0) is 59.0 Å². The first kappa shape index (κ1) is 42.1. The molecule has 7 rings (SSSR count). The number of aryl methyl sites for hydroxylation is 1. The number of fused-ring (bicyclic) bond motifs is 4. The molecule has 3 nitrogen and oxygen atoms in total. The van der Waals surface area contributed by atoms with Gasteiger partial charge < -0.3 is 8.83 Å². The van der Waals surface area contributed by atoms with Gasteiger partial charge in [0, 0.05) is 21.7 Å². The molecule has 0 N–H and O–H groups in total. The van der Waals surface area contributed by atoms with Crippen LogP contribution in [0.5, 0.6) is 0 Å². The lowest BCUT2D eigenvalue weighted by molar-refractivity contribution is 0.577. The van der Waals surface area contributed by atoms with Crippen LogP contribution in [0.4, 0.5) is 0 Å². The van der Waals surface area contributed by atoms with Gasteiger partial charge in [0.15, 0.2) is 0 Å². The van der Waals surface area contributed by atoms with E-state index in [9.17, 15) is 0 Å². The first-order valence-corrected chi connectivity index (χ1v) is 20.7. The Balaban J connectivity index is 1.41. The zero-order chi connectivity index (χ0) is 42.8. The van der Waals surface area contributed by atoms with Gasteiger partial charge in [-0.15, -0.1) is 0 Å². The molecule has 0 spiro atoms. The lowest BCUT2D eigenvalue weighted by Crippen LogP contribution is -2.04. The summed E-state index contributed by atoms with van der Waals surface area (Å²) in [6.07, 6.45) is 30.1. The van der Waals surface area contributed by atoms with Crippen LogP contribution in [0, 0.1) is 6.92 Å². The predicted octanol–water partition coefficient (Wildman–Crippen LogP) is 16.2. The molecule has 1 atom stereocenters.